The van der Waals surface area contributed by atoms with Crippen molar-refractivity contribution in [1.29, 1.82) is 0 Å². The van der Waals surface area contributed by atoms with Gasteiger partial charge in [0.05, 0.1) is 12.4 Å². The predicted octanol–water partition coefficient (Wildman–Crippen LogP) is 4.92. The van der Waals surface area contributed by atoms with E-state index in [2.05, 4.69) is 36.3 Å². The Morgan fingerprint density at radius 2 is 1.35 bits per heavy atom. The summed E-state index contributed by atoms with van der Waals surface area (Å²) in [5.74, 6) is 4.21. The molecule has 3 aromatic heterocycles. The maximum Gasteiger partial charge on any atom is 0.247 e. The average molecular weight is 415 g/mol. The summed E-state index contributed by atoms with van der Waals surface area (Å²) in [4.78, 5) is 8.83. The van der Waals surface area contributed by atoms with E-state index in [1.54, 1.807) is 18.5 Å². The largest absolute Gasteiger partial charge is 0.460 e. The highest BCUT2D eigenvalue weighted by molar-refractivity contribution is 5.77. The molecule has 0 atom stereocenters. The summed E-state index contributed by atoms with van der Waals surface area (Å²) < 4.78 is 10.9. The zero-order chi connectivity index (χ0) is 21.5. The molecule has 1 aromatic carbocycles. The summed E-state index contributed by atoms with van der Waals surface area (Å²) >= 11 is 0. The molecule has 0 amide bonds. The molecule has 0 saturated heterocycles. The van der Waals surface area contributed by atoms with E-state index in [0.29, 0.717) is 23.2 Å². The van der Waals surface area contributed by atoms with E-state index in [1.165, 1.54) is 0 Å². The molecule has 0 aliphatic heterocycles. The zero-order valence-electron chi connectivity index (χ0n) is 17.0. The number of benzene rings is 1. The third kappa shape index (κ3) is 5.80. The number of hydrogen-bond acceptors (Lipinski definition) is 9. The Labute approximate surface area is 178 Å². The van der Waals surface area contributed by atoms with Crippen LogP contribution in [-0.2, 0) is 0 Å². The average Bonchev–Trinajstić information content (AvgIpc) is 3.36. The van der Waals surface area contributed by atoms with Gasteiger partial charge in [0.15, 0.2) is 5.82 Å². The summed E-state index contributed by atoms with van der Waals surface area (Å²) in [5.41, 5.74) is 6.60. The van der Waals surface area contributed by atoms with Crippen molar-refractivity contribution < 1.29 is 8.83 Å². The van der Waals surface area contributed by atoms with E-state index >= 15 is 0 Å². The minimum atomic E-state index is 0.284. The predicted molar refractivity (Wildman–Crippen MR) is 121 cm³/mol. The molecular formula is C22H21N7O2. The van der Waals surface area contributed by atoms with Crippen molar-refractivity contribution in [1.82, 2.24) is 9.97 Å². The van der Waals surface area contributed by atoms with Gasteiger partial charge in [0.25, 0.3) is 0 Å². The molecule has 4 aromatic rings. The molecule has 0 aliphatic carbocycles. The van der Waals surface area contributed by atoms with Crippen molar-refractivity contribution in [2.45, 2.75) is 13.8 Å². The molecule has 0 saturated carbocycles. The highest BCUT2D eigenvalue weighted by atomic mass is 16.3. The van der Waals surface area contributed by atoms with Gasteiger partial charge in [-0.3, -0.25) is 5.43 Å². The molecule has 9 nitrogen and oxygen atoms in total. The fourth-order valence-corrected chi connectivity index (χ4v) is 2.65. The summed E-state index contributed by atoms with van der Waals surface area (Å²) in [6.45, 7) is 3.74. The standard InChI is InChI=1S/C22H21N7O2/c1-15-8-10-18(30-15)13-23-28-21-12-20(25-17-6-4-3-5-7-17)26-22(27-21)29-24-14-19-11-9-16(2)31-19/h3-14H,1-2H3,(H3,25,26,27,28,29). The maximum atomic E-state index is 5.47. The van der Waals surface area contributed by atoms with E-state index in [9.17, 15) is 0 Å². The Hall–Kier alpha value is -4.40. The van der Waals surface area contributed by atoms with E-state index in [-0.39, 0.29) is 5.95 Å². The minimum absolute atomic E-state index is 0.284. The fourth-order valence-electron chi connectivity index (χ4n) is 2.65. The third-order valence-electron chi connectivity index (χ3n) is 4.02. The molecular weight excluding hydrogens is 394 g/mol. The number of aromatic nitrogens is 2. The lowest BCUT2D eigenvalue weighted by Gasteiger charge is -2.09. The highest BCUT2D eigenvalue weighted by Crippen LogP contribution is 2.19. The van der Waals surface area contributed by atoms with E-state index in [1.807, 2.05) is 68.4 Å². The van der Waals surface area contributed by atoms with Crippen LogP contribution in [0.5, 0.6) is 0 Å². The first kappa shape index (κ1) is 19.9. The molecule has 0 unspecified atom stereocenters. The normalized spacial score (nSPS) is 11.3. The van der Waals surface area contributed by atoms with Crippen molar-refractivity contribution in [3.05, 3.63) is 83.7 Å². The van der Waals surface area contributed by atoms with Gasteiger partial charge in [-0.25, -0.2) is 5.43 Å². The summed E-state index contributed by atoms with van der Waals surface area (Å²) in [5, 5.41) is 11.6. The fraction of sp³-hybridized carbons (Fsp3) is 0.0909. The lowest BCUT2D eigenvalue weighted by molar-refractivity contribution is 0.527. The van der Waals surface area contributed by atoms with Crippen LogP contribution in [0, 0.1) is 13.8 Å². The number of hydrogen-bond donors (Lipinski definition) is 3. The van der Waals surface area contributed by atoms with Gasteiger partial charge < -0.3 is 14.2 Å². The number of para-hydroxylation sites is 1. The summed E-state index contributed by atoms with van der Waals surface area (Å²) in [7, 11) is 0. The van der Waals surface area contributed by atoms with Crippen molar-refractivity contribution >= 4 is 35.7 Å². The topological polar surface area (TPSA) is 113 Å². The maximum absolute atomic E-state index is 5.47. The van der Waals surface area contributed by atoms with Crippen LogP contribution in [0.2, 0.25) is 0 Å². The van der Waals surface area contributed by atoms with Gasteiger partial charge in [-0.15, -0.1) is 0 Å². The molecule has 3 N–H and O–H groups in total. The number of furan rings is 2. The molecule has 4 rings (SSSR count). The number of rotatable bonds is 8. The van der Waals surface area contributed by atoms with Crippen LogP contribution in [0.25, 0.3) is 0 Å². The molecule has 156 valence electrons. The lowest BCUT2D eigenvalue weighted by Crippen LogP contribution is -2.04. The minimum Gasteiger partial charge on any atom is -0.460 e. The first-order chi connectivity index (χ1) is 15.1. The number of hydrazone groups is 2. The molecule has 0 fully saturated rings. The Kier molecular flexibility index (Phi) is 6.03. The molecule has 0 radical (unpaired) electrons. The zero-order valence-corrected chi connectivity index (χ0v) is 17.0. The van der Waals surface area contributed by atoms with Crippen LogP contribution in [0.4, 0.5) is 23.3 Å². The van der Waals surface area contributed by atoms with Gasteiger partial charge in [0.2, 0.25) is 5.95 Å². The number of nitrogens with zero attached hydrogens (tertiary/aromatic N) is 4. The first-order valence-electron chi connectivity index (χ1n) is 9.56. The van der Waals surface area contributed by atoms with E-state index < -0.39 is 0 Å². The van der Waals surface area contributed by atoms with Crippen LogP contribution in [0.1, 0.15) is 23.0 Å². The number of nitrogens with one attached hydrogen (secondary N) is 3. The van der Waals surface area contributed by atoms with Gasteiger partial charge in [-0.05, 0) is 50.2 Å². The van der Waals surface area contributed by atoms with Crippen LogP contribution >= 0.6 is 0 Å². The van der Waals surface area contributed by atoms with Gasteiger partial charge in [0, 0.05) is 11.8 Å². The van der Waals surface area contributed by atoms with E-state index in [0.717, 1.165) is 17.2 Å². The van der Waals surface area contributed by atoms with Crippen molar-refractivity contribution in [3.63, 3.8) is 0 Å². The smallest absolute Gasteiger partial charge is 0.247 e. The van der Waals surface area contributed by atoms with Crippen LogP contribution in [0.15, 0.2) is 79.7 Å². The van der Waals surface area contributed by atoms with Crippen molar-refractivity contribution in [3.8, 4) is 0 Å². The lowest BCUT2D eigenvalue weighted by atomic mass is 10.3. The van der Waals surface area contributed by atoms with Gasteiger partial charge >= 0.3 is 0 Å². The third-order valence-corrected chi connectivity index (χ3v) is 4.02. The molecule has 9 heteroatoms. The first-order valence-corrected chi connectivity index (χ1v) is 9.56. The van der Waals surface area contributed by atoms with E-state index in [4.69, 9.17) is 8.83 Å². The highest BCUT2D eigenvalue weighted by Gasteiger charge is 2.05. The Bertz CT molecular complexity index is 1130. The second kappa shape index (κ2) is 9.40. The quantitative estimate of drug-likeness (QED) is 0.277. The SMILES string of the molecule is Cc1ccc(C=NNc2cc(Nc3ccccc3)nc(NN=Cc3ccc(C)o3)n2)o1. The second-order valence-electron chi connectivity index (χ2n) is 6.59. The van der Waals surface area contributed by atoms with Crippen molar-refractivity contribution in [2.75, 3.05) is 16.2 Å². The molecule has 31 heavy (non-hydrogen) atoms. The van der Waals surface area contributed by atoms with Crippen molar-refractivity contribution in [2.24, 2.45) is 10.2 Å². The Balaban J connectivity index is 1.52. The summed E-state index contributed by atoms with van der Waals surface area (Å²) in [6, 6.07) is 18.8. The number of anilines is 4. The number of aryl methyl sites for hydroxylation is 2. The Morgan fingerprint density at radius 1 is 0.742 bits per heavy atom. The second-order valence-corrected chi connectivity index (χ2v) is 6.59. The van der Waals surface area contributed by atoms with Gasteiger partial charge in [-0.2, -0.15) is 20.2 Å². The molecule has 0 aliphatic rings. The van der Waals surface area contributed by atoms with Crippen LogP contribution in [0.3, 0.4) is 0 Å². The van der Waals surface area contributed by atoms with Crippen LogP contribution < -0.4 is 16.2 Å². The monoisotopic (exact) mass is 415 g/mol. The van der Waals surface area contributed by atoms with Gasteiger partial charge in [-0.1, -0.05) is 18.2 Å². The Morgan fingerprint density at radius 3 is 1.97 bits per heavy atom. The van der Waals surface area contributed by atoms with Gasteiger partial charge in [0.1, 0.15) is 28.9 Å². The molecule has 0 spiro atoms. The summed E-state index contributed by atoms with van der Waals surface area (Å²) in [6.07, 6.45) is 3.13. The molecule has 3 heterocycles. The molecule has 0 bridgehead atoms. The van der Waals surface area contributed by atoms with Crippen LogP contribution in [-0.4, -0.2) is 22.4 Å².